The number of aromatic nitrogens is 3. The van der Waals surface area contributed by atoms with Gasteiger partial charge < -0.3 is 5.32 Å². The average molecular weight is 341 g/mol. The second kappa shape index (κ2) is 6.84. The normalized spacial score (nSPS) is 12.0. The highest BCUT2D eigenvalue weighted by Crippen LogP contribution is 2.17. The molecular formula is C18H17ClN4O. The van der Waals surface area contributed by atoms with E-state index in [9.17, 15) is 4.79 Å². The van der Waals surface area contributed by atoms with Crippen LogP contribution in [0, 0.1) is 6.92 Å². The molecule has 2 aromatic carbocycles. The van der Waals surface area contributed by atoms with Crippen LogP contribution in [-0.2, 0) is 0 Å². The lowest BCUT2D eigenvalue weighted by Gasteiger charge is -2.13. The highest BCUT2D eigenvalue weighted by molar-refractivity contribution is 6.30. The summed E-state index contributed by atoms with van der Waals surface area (Å²) in [5.41, 5.74) is 2.86. The van der Waals surface area contributed by atoms with Crippen molar-refractivity contribution in [3.8, 4) is 5.69 Å². The summed E-state index contributed by atoms with van der Waals surface area (Å²) in [5.74, 6) is -0.253. The molecule has 0 saturated carbocycles. The molecule has 0 aliphatic rings. The van der Waals surface area contributed by atoms with Crippen molar-refractivity contribution in [3.63, 3.8) is 0 Å². The van der Waals surface area contributed by atoms with Crippen molar-refractivity contribution >= 4 is 17.5 Å². The quantitative estimate of drug-likeness (QED) is 0.787. The van der Waals surface area contributed by atoms with Gasteiger partial charge in [0.25, 0.3) is 5.91 Å². The Hall–Kier alpha value is -2.66. The number of carbonyl (C=O) groups is 1. The van der Waals surface area contributed by atoms with Crippen molar-refractivity contribution in [3.05, 3.63) is 76.6 Å². The van der Waals surface area contributed by atoms with Crippen LogP contribution in [-0.4, -0.2) is 20.9 Å². The summed E-state index contributed by atoms with van der Waals surface area (Å²) in [5, 5.41) is 11.7. The van der Waals surface area contributed by atoms with Crippen molar-refractivity contribution in [2.45, 2.75) is 19.9 Å². The van der Waals surface area contributed by atoms with Gasteiger partial charge in [-0.1, -0.05) is 47.1 Å². The zero-order valence-corrected chi connectivity index (χ0v) is 14.2. The average Bonchev–Trinajstić information content (AvgIpc) is 2.98. The maximum Gasteiger partial charge on any atom is 0.274 e. The molecule has 0 bridgehead atoms. The van der Waals surface area contributed by atoms with Crippen LogP contribution in [0.4, 0.5) is 0 Å². The van der Waals surface area contributed by atoms with E-state index in [1.54, 1.807) is 16.8 Å². The first-order valence-corrected chi connectivity index (χ1v) is 7.98. The van der Waals surface area contributed by atoms with Crippen molar-refractivity contribution < 1.29 is 4.79 Å². The summed E-state index contributed by atoms with van der Waals surface area (Å²) in [6, 6.07) is 16.8. The summed E-state index contributed by atoms with van der Waals surface area (Å²) >= 11 is 5.89. The Kier molecular flexibility index (Phi) is 4.62. The number of carbonyl (C=O) groups excluding carboxylic acids is 1. The molecule has 1 atom stereocenters. The molecule has 1 heterocycles. The van der Waals surface area contributed by atoms with Gasteiger partial charge in [-0.15, -0.1) is 5.10 Å². The minimum absolute atomic E-state index is 0.156. The molecule has 1 amide bonds. The van der Waals surface area contributed by atoms with Crippen LogP contribution in [0.15, 0.2) is 54.6 Å². The van der Waals surface area contributed by atoms with E-state index in [1.165, 1.54) is 0 Å². The number of halogens is 1. The Morgan fingerprint density at radius 3 is 2.46 bits per heavy atom. The fraction of sp³-hybridized carbons (Fsp3) is 0.167. The molecule has 0 aliphatic carbocycles. The molecule has 6 heteroatoms. The highest BCUT2D eigenvalue weighted by atomic mass is 35.5. The van der Waals surface area contributed by atoms with Crippen molar-refractivity contribution in [2.75, 3.05) is 0 Å². The van der Waals surface area contributed by atoms with Gasteiger partial charge in [0.15, 0.2) is 5.69 Å². The number of para-hydroxylation sites is 1. The van der Waals surface area contributed by atoms with Gasteiger partial charge in [0.1, 0.15) is 0 Å². The Balaban J connectivity index is 1.78. The second-order valence-corrected chi connectivity index (χ2v) is 5.95. The first kappa shape index (κ1) is 16.2. The first-order valence-electron chi connectivity index (χ1n) is 7.60. The molecule has 3 rings (SSSR count). The van der Waals surface area contributed by atoms with E-state index in [0.717, 1.165) is 11.3 Å². The Labute approximate surface area is 145 Å². The van der Waals surface area contributed by atoms with Gasteiger partial charge in [0.05, 0.1) is 17.4 Å². The van der Waals surface area contributed by atoms with Gasteiger partial charge in [0.2, 0.25) is 0 Å². The number of nitrogens with zero attached hydrogens (tertiary/aromatic N) is 3. The lowest BCUT2D eigenvalue weighted by molar-refractivity contribution is 0.0934. The van der Waals surface area contributed by atoms with E-state index < -0.39 is 0 Å². The number of amides is 1. The van der Waals surface area contributed by atoms with Crippen LogP contribution in [0.2, 0.25) is 5.02 Å². The van der Waals surface area contributed by atoms with Gasteiger partial charge in [-0.3, -0.25) is 4.79 Å². The molecule has 0 aliphatic heterocycles. The topological polar surface area (TPSA) is 59.8 Å². The molecule has 5 nitrogen and oxygen atoms in total. The Bertz CT molecular complexity index is 843. The SMILES string of the molecule is Cc1c(C(=O)N[C@@H](C)c2ccc(Cl)cc2)nnn1-c1ccccc1. The van der Waals surface area contributed by atoms with Crippen molar-refractivity contribution in [1.29, 1.82) is 0 Å². The Morgan fingerprint density at radius 2 is 1.79 bits per heavy atom. The third-order valence-corrected chi connectivity index (χ3v) is 4.08. The molecule has 0 unspecified atom stereocenters. The Morgan fingerprint density at radius 1 is 1.12 bits per heavy atom. The van der Waals surface area contributed by atoms with Gasteiger partial charge in [-0.2, -0.15) is 0 Å². The molecule has 122 valence electrons. The number of hydrogen-bond donors (Lipinski definition) is 1. The standard InChI is InChI=1S/C18H17ClN4O/c1-12(14-8-10-15(19)11-9-14)20-18(24)17-13(2)23(22-21-17)16-6-4-3-5-7-16/h3-12H,1-2H3,(H,20,24)/t12-/m0/s1. The lowest BCUT2D eigenvalue weighted by atomic mass is 10.1. The number of rotatable bonds is 4. The van der Waals surface area contributed by atoms with E-state index in [4.69, 9.17) is 11.6 Å². The largest absolute Gasteiger partial charge is 0.344 e. The lowest BCUT2D eigenvalue weighted by Crippen LogP contribution is -2.27. The second-order valence-electron chi connectivity index (χ2n) is 5.52. The van der Waals surface area contributed by atoms with Gasteiger partial charge in [0, 0.05) is 5.02 Å². The number of hydrogen-bond acceptors (Lipinski definition) is 3. The molecule has 0 spiro atoms. The fourth-order valence-electron chi connectivity index (χ4n) is 2.45. The molecule has 1 aromatic heterocycles. The third kappa shape index (κ3) is 3.31. The number of nitrogens with one attached hydrogen (secondary N) is 1. The van der Waals surface area contributed by atoms with E-state index in [0.29, 0.717) is 16.4 Å². The summed E-state index contributed by atoms with van der Waals surface area (Å²) in [7, 11) is 0. The molecule has 0 radical (unpaired) electrons. The van der Waals surface area contributed by atoms with E-state index in [2.05, 4.69) is 15.6 Å². The molecular weight excluding hydrogens is 324 g/mol. The molecule has 1 N–H and O–H groups in total. The molecule has 24 heavy (non-hydrogen) atoms. The van der Waals surface area contributed by atoms with Crippen LogP contribution in [0.5, 0.6) is 0 Å². The summed E-state index contributed by atoms with van der Waals surface area (Å²) in [4.78, 5) is 12.5. The van der Waals surface area contributed by atoms with Crippen LogP contribution in [0.1, 0.15) is 34.7 Å². The predicted octanol–water partition coefficient (Wildman–Crippen LogP) is 3.72. The van der Waals surface area contributed by atoms with Gasteiger partial charge in [-0.25, -0.2) is 4.68 Å². The van der Waals surface area contributed by atoms with E-state index in [1.807, 2.05) is 56.3 Å². The van der Waals surface area contributed by atoms with Crippen LogP contribution < -0.4 is 5.32 Å². The minimum atomic E-state index is -0.253. The summed E-state index contributed by atoms with van der Waals surface area (Å²) in [6.45, 7) is 3.74. The zero-order chi connectivity index (χ0) is 17.1. The molecule has 0 saturated heterocycles. The van der Waals surface area contributed by atoms with Crippen molar-refractivity contribution in [1.82, 2.24) is 20.3 Å². The predicted molar refractivity (Wildman–Crippen MR) is 93.4 cm³/mol. The van der Waals surface area contributed by atoms with Crippen LogP contribution in [0.3, 0.4) is 0 Å². The highest BCUT2D eigenvalue weighted by Gasteiger charge is 2.19. The van der Waals surface area contributed by atoms with Crippen LogP contribution in [0.25, 0.3) is 5.69 Å². The van der Waals surface area contributed by atoms with Gasteiger partial charge >= 0.3 is 0 Å². The van der Waals surface area contributed by atoms with Crippen molar-refractivity contribution in [2.24, 2.45) is 0 Å². The first-order chi connectivity index (χ1) is 11.6. The smallest absolute Gasteiger partial charge is 0.274 e. The fourth-order valence-corrected chi connectivity index (χ4v) is 2.58. The third-order valence-electron chi connectivity index (χ3n) is 3.83. The zero-order valence-electron chi connectivity index (χ0n) is 13.4. The summed E-state index contributed by atoms with van der Waals surface area (Å²) < 4.78 is 1.65. The minimum Gasteiger partial charge on any atom is -0.344 e. The maximum atomic E-state index is 12.5. The monoisotopic (exact) mass is 340 g/mol. The van der Waals surface area contributed by atoms with E-state index in [-0.39, 0.29) is 11.9 Å². The van der Waals surface area contributed by atoms with Crippen LogP contribution >= 0.6 is 11.6 Å². The summed E-state index contributed by atoms with van der Waals surface area (Å²) in [6.07, 6.45) is 0. The maximum absolute atomic E-state index is 12.5. The van der Waals surface area contributed by atoms with E-state index >= 15 is 0 Å². The molecule has 0 fully saturated rings. The van der Waals surface area contributed by atoms with Gasteiger partial charge in [-0.05, 0) is 43.7 Å². The number of benzene rings is 2. The molecule has 3 aromatic rings.